The van der Waals surface area contributed by atoms with Gasteiger partial charge in [0, 0.05) is 12.8 Å². The number of amides is 1. The quantitative estimate of drug-likeness (QED) is 0.0156. The van der Waals surface area contributed by atoms with E-state index >= 15 is 0 Å². The lowest BCUT2D eigenvalue weighted by Gasteiger charge is -2.27. The summed E-state index contributed by atoms with van der Waals surface area (Å²) in [6.45, 7) is 6.85. The van der Waals surface area contributed by atoms with Gasteiger partial charge in [0.15, 0.2) is 0 Å². The van der Waals surface area contributed by atoms with E-state index in [9.17, 15) is 19.0 Å². The van der Waals surface area contributed by atoms with Crippen LogP contribution in [0.3, 0.4) is 0 Å². The zero-order valence-electron chi connectivity index (χ0n) is 51.8. The van der Waals surface area contributed by atoms with Gasteiger partial charge >= 0.3 is 13.8 Å². The van der Waals surface area contributed by atoms with E-state index in [-0.39, 0.29) is 31.5 Å². The smallest absolute Gasteiger partial charge is 0.456 e. The van der Waals surface area contributed by atoms with Crippen molar-refractivity contribution in [3.05, 3.63) is 109 Å². The number of hydrogen-bond donors (Lipinski definition) is 2. The van der Waals surface area contributed by atoms with Crippen molar-refractivity contribution in [3.8, 4) is 0 Å². The predicted molar refractivity (Wildman–Crippen MR) is 341 cm³/mol. The van der Waals surface area contributed by atoms with Gasteiger partial charge in [0.2, 0.25) is 5.91 Å². The molecule has 0 saturated heterocycles. The molecular formula is C69H122N2O7P+. The molecule has 0 rings (SSSR count). The maximum Gasteiger partial charge on any atom is 0.472 e. The number of rotatable bonds is 57. The molecule has 0 saturated carbocycles. The molecule has 9 nitrogen and oxygen atoms in total. The van der Waals surface area contributed by atoms with E-state index in [1.54, 1.807) is 0 Å². The number of unbranched alkanes of at least 4 members (excludes halogenated alkanes) is 26. The minimum Gasteiger partial charge on any atom is -0.456 e. The minimum absolute atomic E-state index is 0.0301. The highest BCUT2D eigenvalue weighted by molar-refractivity contribution is 7.47. The summed E-state index contributed by atoms with van der Waals surface area (Å²) in [6.07, 6.45) is 79.4. The Morgan fingerprint density at radius 3 is 1.32 bits per heavy atom. The molecule has 2 N–H and O–H groups in total. The van der Waals surface area contributed by atoms with Gasteiger partial charge in [-0.05, 0) is 109 Å². The second-order valence-corrected chi connectivity index (χ2v) is 24.0. The SMILES string of the molecule is CC/C=C\C/C=C\C/C=C\C/C=C\C/C=C\C/C=C\CCCCCCCCC(=O)OC(/C=C\CCCCCCCCCCCCC)C(COP(=O)(O)OCC[N+](C)(C)C)NC(=O)CCCCCCCC/C=C/C=C/CCCCC. The second kappa shape index (κ2) is 57.9. The lowest BCUT2D eigenvalue weighted by atomic mass is 10.0. The van der Waals surface area contributed by atoms with Gasteiger partial charge in [-0.2, -0.15) is 0 Å². The van der Waals surface area contributed by atoms with Crippen molar-refractivity contribution >= 4 is 19.7 Å². The monoisotopic (exact) mass is 1120 g/mol. The maximum atomic E-state index is 13.5. The van der Waals surface area contributed by atoms with E-state index in [0.717, 1.165) is 141 Å². The van der Waals surface area contributed by atoms with Crippen LogP contribution in [0.5, 0.6) is 0 Å². The lowest BCUT2D eigenvalue weighted by molar-refractivity contribution is -0.870. The Morgan fingerprint density at radius 2 is 0.848 bits per heavy atom. The topological polar surface area (TPSA) is 111 Å². The van der Waals surface area contributed by atoms with E-state index in [2.05, 4.69) is 123 Å². The number of likely N-dealkylation sites (N-methyl/N-ethyl adjacent to an activating group) is 1. The van der Waals surface area contributed by atoms with Gasteiger partial charge in [-0.15, -0.1) is 0 Å². The van der Waals surface area contributed by atoms with Gasteiger partial charge < -0.3 is 19.4 Å². The molecule has 454 valence electrons. The van der Waals surface area contributed by atoms with Crippen LogP contribution in [0.2, 0.25) is 0 Å². The van der Waals surface area contributed by atoms with Crippen molar-refractivity contribution in [2.45, 2.75) is 277 Å². The Kier molecular flexibility index (Phi) is 55.4. The van der Waals surface area contributed by atoms with Crippen LogP contribution in [0.15, 0.2) is 109 Å². The van der Waals surface area contributed by atoms with E-state index in [1.807, 2.05) is 33.3 Å². The number of allylic oxidation sites excluding steroid dienone is 17. The third kappa shape index (κ3) is 59.1. The van der Waals surface area contributed by atoms with E-state index in [1.165, 1.54) is 83.5 Å². The molecule has 0 aliphatic rings. The Labute approximate surface area is 487 Å². The standard InChI is InChI=1S/C69H121N2O7P/c1-7-10-13-16-19-22-25-28-30-31-32-33-34-35-36-37-38-39-41-44-47-50-53-56-59-62-69(73)78-67(60-57-54-51-48-45-42-27-24-21-18-15-12-9-3)66(65-77-79(74,75)76-64-63-71(4,5)6)70-68(72)61-58-55-52-49-46-43-40-29-26-23-20-17-14-11-8-2/h10,13,19-20,22-23,26,28-30,32-33,35-36,38-39,57,60,66-67H,7-9,11-12,14-18,21,24-25,27,31,34,37,40-56,58-59,61-65H2,1-6H3,(H-,70,72,74,75)/p+1/b13-10-,22-19-,23-20+,29-26+,30-28-,33-32-,36-35-,39-38-,60-57-. The molecule has 0 aromatic carbocycles. The van der Waals surface area contributed by atoms with E-state index < -0.39 is 20.0 Å². The molecule has 0 radical (unpaired) electrons. The highest BCUT2D eigenvalue weighted by atomic mass is 31.2. The van der Waals surface area contributed by atoms with Gasteiger partial charge in [0.25, 0.3) is 0 Å². The molecule has 0 aromatic rings. The number of hydrogen-bond acceptors (Lipinski definition) is 6. The zero-order valence-corrected chi connectivity index (χ0v) is 52.7. The summed E-state index contributed by atoms with van der Waals surface area (Å²) in [5.41, 5.74) is 0. The molecule has 0 aromatic heterocycles. The summed E-state index contributed by atoms with van der Waals surface area (Å²) in [6, 6.07) is -0.868. The van der Waals surface area contributed by atoms with Crippen molar-refractivity contribution in [2.24, 2.45) is 0 Å². The number of nitrogens with one attached hydrogen (secondary N) is 1. The lowest BCUT2D eigenvalue weighted by Crippen LogP contribution is -2.47. The van der Waals surface area contributed by atoms with Crippen LogP contribution in [0.25, 0.3) is 0 Å². The van der Waals surface area contributed by atoms with Crippen molar-refractivity contribution in [3.63, 3.8) is 0 Å². The first kappa shape index (κ1) is 75.7. The third-order valence-electron chi connectivity index (χ3n) is 13.7. The Bertz CT molecular complexity index is 1720. The highest BCUT2D eigenvalue weighted by Crippen LogP contribution is 2.43. The average Bonchev–Trinajstić information content (AvgIpc) is 3.41. The van der Waals surface area contributed by atoms with Crippen molar-refractivity contribution in [1.29, 1.82) is 0 Å². The molecule has 10 heteroatoms. The molecule has 0 fully saturated rings. The number of phosphoric acid groups is 1. The Morgan fingerprint density at radius 1 is 0.468 bits per heavy atom. The third-order valence-corrected chi connectivity index (χ3v) is 14.7. The van der Waals surface area contributed by atoms with Crippen LogP contribution in [0.4, 0.5) is 0 Å². The fraction of sp³-hybridized carbons (Fsp3) is 0.710. The fourth-order valence-corrected chi connectivity index (χ4v) is 9.49. The zero-order chi connectivity index (χ0) is 57.9. The largest absolute Gasteiger partial charge is 0.472 e. The summed E-state index contributed by atoms with van der Waals surface area (Å²) >= 11 is 0. The molecule has 0 bridgehead atoms. The molecular weight excluding hydrogens is 1000 g/mol. The summed E-state index contributed by atoms with van der Waals surface area (Å²) < 4.78 is 30.7. The number of ether oxygens (including phenoxy) is 1. The van der Waals surface area contributed by atoms with E-state index in [4.69, 9.17) is 13.8 Å². The van der Waals surface area contributed by atoms with Gasteiger partial charge in [0.1, 0.15) is 19.3 Å². The number of esters is 1. The predicted octanol–water partition coefficient (Wildman–Crippen LogP) is 20.1. The first-order valence-corrected chi connectivity index (χ1v) is 33.7. The molecule has 0 aliphatic carbocycles. The maximum absolute atomic E-state index is 13.5. The number of quaternary nitrogens is 1. The Hall–Kier alpha value is -3.33. The van der Waals surface area contributed by atoms with Crippen LogP contribution < -0.4 is 5.32 Å². The molecule has 0 heterocycles. The first-order chi connectivity index (χ1) is 38.4. The van der Waals surface area contributed by atoms with Crippen molar-refractivity contribution in [1.82, 2.24) is 5.32 Å². The number of nitrogens with zero attached hydrogens (tertiary/aromatic N) is 1. The van der Waals surface area contributed by atoms with Crippen LogP contribution in [-0.4, -0.2) is 74.3 Å². The summed E-state index contributed by atoms with van der Waals surface area (Å²) in [5.74, 6) is -0.539. The summed E-state index contributed by atoms with van der Waals surface area (Å²) in [7, 11) is 1.47. The van der Waals surface area contributed by atoms with Crippen LogP contribution in [0.1, 0.15) is 265 Å². The fourth-order valence-electron chi connectivity index (χ4n) is 8.76. The van der Waals surface area contributed by atoms with Gasteiger partial charge in [-0.3, -0.25) is 18.6 Å². The molecule has 0 spiro atoms. The number of carbonyl (C=O) groups is 2. The highest BCUT2D eigenvalue weighted by Gasteiger charge is 2.30. The normalized spacial score (nSPS) is 14.4. The first-order valence-electron chi connectivity index (χ1n) is 32.2. The van der Waals surface area contributed by atoms with Crippen LogP contribution >= 0.6 is 7.82 Å². The van der Waals surface area contributed by atoms with Gasteiger partial charge in [-0.1, -0.05) is 252 Å². The molecule has 79 heavy (non-hydrogen) atoms. The van der Waals surface area contributed by atoms with Gasteiger partial charge in [-0.25, -0.2) is 4.57 Å². The summed E-state index contributed by atoms with van der Waals surface area (Å²) in [5, 5.41) is 3.05. The van der Waals surface area contributed by atoms with Crippen molar-refractivity contribution in [2.75, 3.05) is 40.9 Å². The average molecular weight is 1120 g/mol. The molecule has 3 unspecified atom stereocenters. The number of carbonyl (C=O) groups excluding carboxylic acids is 2. The van der Waals surface area contributed by atoms with E-state index in [0.29, 0.717) is 23.9 Å². The molecule has 3 atom stereocenters. The van der Waals surface area contributed by atoms with Crippen molar-refractivity contribution < 1.29 is 37.3 Å². The molecule has 1 amide bonds. The van der Waals surface area contributed by atoms with Crippen LogP contribution in [0, 0.1) is 0 Å². The second-order valence-electron chi connectivity index (χ2n) is 22.6. The van der Waals surface area contributed by atoms with Gasteiger partial charge in [0.05, 0.1) is 33.8 Å². The Balaban J connectivity index is 5.25. The summed E-state index contributed by atoms with van der Waals surface area (Å²) in [4.78, 5) is 37.8. The van der Waals surface area contributed by atoms with Crippen LogP contribution in [-0.2, 0) is 27.9 Å². The minimum atomic E-state index is -4.46. The number of phosphoric ester groups is 1. The molecule has 0 aliphatic heterocycles.